The fourth-order valence-corrected chi connectivity index (χ4v) is 3.34. The monoisotopic (exact) mass is 346 g/mol. The first-order chi connectivity index (χ1) is 12.6. The summed E-state index contributed by atoms with van der Waals surface area (Å²) in [5, 5.41) is 4.80. The molecular formula is C21H22N4O. The number of aromatic nitrogens is 3. The lowest BCUT2D eigenvalue weighted by Gasteiger charge is -2.21. The van der Waals surface area contributed by atoms with Crippen molar-refractivity contribution in [2.75, 3.05) is 0 Å². The molecule has 4 rings (SSSR count). The van der Waals surface area contributed by atoms with Crippen LogP contribution in [0.15, 0.2) is 54.9 Å². The molecular weight excluding hydrogens is 324 g/mol. The normalized spacial score (nSPS) is 13.3. The van der Waals surface area contributed by atoms with Crippen molar-refractivity contribution < 1.29 is 4.79 Å². The summed E-state index contributed by atoms with van der Waals surface area (Å²) in [7, 11) is 0. The van der Waals surface area contributed by atoms with Crippen molar-refractivity contribution in [3.63, 3.8) is 0 Å². The van der Waals surface area contributed by atoms with Gasteiger partial charge in [-0.05, 0) is 31.5 Å². The van der Waals surface area contributed by atoms with Gasteiger partial charge in [0.15, 0.2) is 0 Å². The molecule has 0 atom stereocenters. The molecule has 0 bridgehead atoms. The molecule has 0 saturated carbocycles. The van der Waals surface area contributed by atoms with E-state index < -0.39 is 0 Å². The lowest BCUT2D eigenvalue weighted by Crippen LogP contribution is -2.31. The summed E-state index contributed by atoms with van der Waals surface area (Å²) in [6.45, 7) is 5.40. The lowest BCUT2D eigenvalue weighted by atomic mass is 10.0. The van der Waals surface area contributed by atoms with Crippen LogP contribution in [0.2, 0.25) is 0 Å². The zero-order chi connectivity index (χ0) is 18.1. The van der Waals surface area contributed by atoms with Crippen molar-refractivity contribution >= 4 is 5.91 Å². The number of hydrogen-bond acceptors (Lipinski definition) is 3. The van der Waals surface area contributed by atoms with Crippen LogP contribution in [0.1, 0.15) is 36.7 Å². The van der Waals surface area contributed by atoms with Gasteiger partial charge in [0.05, 0.1) is 12.1 Å². The molecule has 1 aliphatic rings. The summed E-state index contributed by atoms with van der Waals surface area (Å²) in [6.07, 6.45) is 4.12. The van der Waals surface area contributed by atoms with Crippen LogP contribution in [0.25, 0.3) is 11.3 Å². The number of rotatable bonds is 3. The van der Waals surface area contributed by atoms with Crippen molar-refractivity contribution in [2.45, 2.75) is 39.4 Å². The molecule has 3 heterocycles. The Hall–Kier alpha value is -2.95. The van der Waals surface area contributed by atoms with Gasteiger partial charge in [0.25, 0.3) is 0 Å². The van der Waals surface area contributed by atoms with E-state index in [0.717, 1.165) is 28.1 Å². The predicted molar refractivity (Wildman–Crippen MR) is 100 cm³/mol. The summed E-state index contributed by atoms with van der Waals surface area (Å²) >= 11 is 0. The topological polar surface area (TPSA) is 51.0 Å². The number of carbonyl (C=O) groups is 1. The molecule has 1 aliphatic heterocycles. The highest BCUT2D eigenvalue weighted by Crippen LogP contribution is 2.32. The minimum absolute atomic E-state index is 0.0867. The second-order valence-corrected chi connectivity index (χ2v) is 6.98. The maximum atomic E-state index is 12.9. The van der Waals surface area contributed by atoms with Gasteiger partial charge in [-0.3, -0.25) is 14.5 Å². The first-order valence-corrected chi connectivity index (χ1v) is 8.96. The van der Waals surface area contributed by atoms with Gasteiger partial charge in [0.1, 0.15) is 0 Å². The van der Waals surface area contributed by atoms with E-state index >= 15 is 0 Å². The molecule has 0 aliphatic carbocycles. The van der Waals surface area contributed by atoms with E-state index in [1.807, 2.05) is 39.9 Å². The van der Waals surface area contributed by atoms with Gasteiger partial charge in [-0.15, -0.1) is 0 Å². The van der Waals surface area contributed by atoms with Crippen LogP contribution in [-0.4, -0.2) is 25.6 Å². The zero-order valence-corrected chi connectivity index (χ0v) is 15.1. The highest BCUT2D eigenvalue weighted by atomic mass is 16.2. The van der Waals surface area contributed by atoms with Crippen molar-refractivity contribution in [2.24, 2.45) is 0 Å². The Morgan fingerprint density at radius 3 is 2.62 bits per heavy atom. The Kier molecular flexibility index (Phi) is 4.29. The molecule has 0 unspecified atom stereocenters. The molecule has 1 amide bonds. The van der Waals surface area contributed by atoms with Gasteiger partial charge >= 0.3 is 0 Å². The minimum atomic E-state index is 0.0867. The van der Waals surface area contributed by atoms with Gasteiger partial charge in [-0.2, -0.15) is 5.10 Å². The van der Waals surface area contributed by atoms with Gasteiger partial charge in [-0.1, -0.05) is 30.3 Å². The summed E-state index contributed by atoms with van der Waals surface area (Å²) in [5.41, 5.74) is 5.14. The van der Waals surface area contributed by atoms with Crippen LogP contribution in [-0.2, 0) is 24.3 Å². The second-order valence-electron chi connectivity index (χ2n) is 6.98. The smallest absolute Gasteiger partial charge is 0.229 e. The third kappa shape index (κ3) is 3.12. The number of amides is 1. The summed E-state index contributed by atoms with van der Waals surface area (Å²) in [6, 6.07) is 14.2. The van der Waals surface area contributed by atoms with E-state index in [0.29, 0.717) is 19.5 Å². The van der Waals surface area contributed by atoms with E-state index in [1.54, 1.807) is 6.20 Å². The lowest BCUT2D eigenvalue weighted by molar-refractivity contribution is -0.131. The number of pyridine rings is 1. The van der Waals surface area contributed by atoms with Crippen LogP contribution in [0, 0.1) is 0 Å². The molecule has 0 saturated heterocycles. The average molecular weight is 346 g/mol. The van der Waals surface area contributed by atoms with E-state index in [1.165, 1.54) is 0 Å². The van der Waals surface area contributed by atoms with Crippen molar-refractivity contribution in [1.82, 2.24) is 19.7 Å². The first-order valence-electron chi connectivity index (χ1n) is 8.96. The van der Waals surface area contributed by atoms with Gasteiger partial charge < -0.3 is 4.90 Å². The van der Waals surface area contributed by atoms with Crippen LogP contribution in [0.5, 0.6) is 0 Å². The summed E-state index contributed by atoms with van der Waals surface area (Å²) < 4.78 is 1.98. The molecule has 26 heavy (non-hydrogen) atoms. The maximum absolute atomic E-state index is 12.9. The molecule has 0 radical (unpaired) electrons. The third-order valence-corrected chi connectivity index (χ3v) is 4.74. The molecule has 2 aromatic heterocycles. The molecule has 5 nitrogen and oxygen atoms in total. The summed E-state index contributed by atoms with van der Waals surface area (Å²) in [4.78, 5) is 19.1. The van der Waals surface area contributed by atoms with Crippen molar-refractivity contribution in [3.8, 4) is 11.3 Å². The number of benzene rings is 1. The number of carbonyl (C=O) groups excluding carboxylic acids is 1. The number of hydrogen-bond donors (Lipinski definition) is 0. The predicted octanol–water partition coefficient (Wildman–Crippen LogP) is 3.61. The minimum Gasteiger partial charge on any atom is -0.334 e. The van der Waals surface area contributed by atoms with Crippen molar-refractivity contribution in [1.29, 1.82) is 0 Å². The van der Waals surface area contributed by atoms with Crippen LogP contribution < -0.4 is 0 Å². The SMILES string of the molecule is CC(C)n1cc2c(n1)-c1ccccc1CN(C(=O)Cc1ccccn1)C2. The highest BCUT2D eigenvalue weighted by molar-refractivity contribution is 5.80. The first kappa shape index (κ1) is 16.5. The Balaban J connectivity index is 1.69. The standard InChI is InChI=1S/C21H22N4O/c1-15(2)25-14-17-13-24(20(26)11-18-8-5-6-10-22-18)12-16-7-3-4-9-19(16)21(17)23-25/h3-10,14-15H,11-13H2,1-2H3. The largest absolute Gasteiger partial charge is 0.334 e. The Labute approximate surface area is 153 Å². The number of fused-ring (bicyclic) bond motifs is 3. The van der Waals surface area contributed by atoms with Crippen LogP contribution in [0.3, 0.4) is 0 Å². The Morgan fingerprint density at radius 1 is 1.08 bits per heavy atom. The van der Waals surface area contributed by atoms with Crippen LogP contribution >= 0.6 is 0 Å². The van der Waals surface area contributed by atoms with E-state index in [4.69, 9.17) is 5.10 Å². The molecule has 0 N–H and O–H groups in total. The molecule has 5 heteroatoms. The average Bonchev–Trinajstić information content (AvgIpc) is 3.00. The van der Waals surface area contributed by atoms with E-state index in [2.05, 4.69) is 37.2 Å². The molecule has 0 spiro atoms. The molecule has 0 fully saturated rings. The number of nitrogens with zero attached hydrogens (tertiary/aromatic N) is 4. The van der Waals surface area contributed by atoms with Gasteiger partial charge in [-0.25, -0.2) is 0 Å². The third-order valence-electron chi connectivity index (χ3n) is 4.74. The zero-order valence-electron chi connectivity index (χ0n) is 15.1. The Morgan fingerprint density at radius 2 is 1.85 bits per heavy atom. The molecule has 132 valence electrons. The van der Waals surface area contributed by atoms with Crippen LogP contribution in [0.4, 0.5) is 0 Å². The van der Waals surface area contributed by atoms with E-state index in [9.17, 15) is 4.79 Å². The van der Waals surface area contributed by atoms with E-state index in [-0.39, 0.29) is 11.9 Å². The highest BCUT2D eigenvalue weighted by Gasteiger charge is 2.25. The second kappa shape index (κ2) is 6.75. The fraction of sp³-hybridized carbons (Fsp3) is 0.286. The maximum Gasteiger partial charge on any atom is 0.229 e. The quantitative estimate of drug-likeness (QED) is 0.728. The van der Waals surface area contributed by atoms with Gasteiger partial charge in [0.2, 0.25) is 5.91 Å². The Bertz CT molecular complexity index is 930. The van der Waals surface area contributed by atoms with Crippen molar-refractivity contribution in [3.05, 3.63) is 71.7 Å². The summed E-state index contributed by atoms with van der Waals surface area (Å²) in [5.74, 6) is 0.0867. The molecule has 3 aromatic rings. The fourth-order valence-electron chi connectivity index (χ4n) is 3.34. The van der Waals surface area contributed by atoms with Gasteiger partial charge in [0, 0.05) is 48.3 Å². The molecule has 1 aromatic carbocycles.